The van der Waals surface area contributed by atoms with Gasteiger partial charge in [0.05, 0.1) is 21.4 Å². The van der Waals surface area contributed by atoms with Crippen LogP contribution in [0.4, 0.5) is 16.2 Å². The first-order valence-electron chi connectivity index (χ1n) is 10.8. The minimum absolute atomic E-state index is 0.109. The largest absolute Gasteiger partial charge is 0.324 e. The van der Waals surface area contributed by atoms with Crippen LogP contribution in [0.2, 0.25) is 10.0 Å². The average Bonchev–Trinajstić information content (AvgIpc) is 2.78. The van der Waals surface area contributed by atoms with Gasteiger partial charge in [-0.2, -0.15) is 0 Å². The summed E-state index contributed by atoms with van der Waals surface area (Å²) in [7, 11) is 0. The van der Waals surface area contributed by atoms with Gasteiger partial charge >= 0.3 is 6.03 Å². The molecule has 1 N–H and O–H groups in total. The van der Waals surface area contributed by atoms with Crippen LogP contribution in [0.1, 0.15) is 33.5 Å². The highest BCUT2D eigenvalue weighted by Crippen LogP contribution is 2.31. The van der Waals surface area contributed by atoms with Gasteiger partial charge < -0.3 is 10.2 Å². The van der Waals surface area contributed by atoms with E-state index in [2.05, 4.69) is 5.32 Å². The maximum atomic E-state index is 13.4. The molecular formula is C26H25Cl2N3O2. The topological polar surface area (TPSA) is 52.6 Å². The molecule has 170 valence electrons. The molecule has 0 bridgehead atoms. The van der Waals surface area contributed by atoms with Gasteiger partial charge in [-0.15, -0.1) is 0 Å². The Labute approximate surface area is 203 Å². The van der Waals surface area contributed by atoms with Gasteiger partial charge in [0.25, 0.3) is 5.91 Å². The minimum atomic E-state index is -0.197. The molecule has 1 aliphatic heterocycles. The highest BCUT2D eigenvalue weighted by Gasteiger charge is 2.29. The zero-order chi connectivity index (χ0) is 23.5. The van der Waals surface area contributed by atoms with Crippen LogP contribution < -0.4 is 10.2 Å². The number of carbonyl (C=O) groups excluding carboxylic acids is 2. The molecule has 3 aromatic carbocycles. The predicted octanol–water partition coefficient (Wildman–Crippen LogP) is 6.69. The third-order valence-corrected chi connectivity index (χ3v) is 6.49. The van der Waals surface area contributed by atoms with Crippen molar-refractivity contribution in [3.8, 4) is 0 Å². The summed E-state index contributed by atoms with van der Waals surface area (Å²) in [6, 6.07) is 18.5. The second-order valence-corrected chi connectivity index (χ2v) is 9.06. The van der Waals surface area contributed by atoms with E-state index in [1.165, 1.54) is 0 Å². The quantitative estimate of drug-likeness (QED) is 0.440. The number of nitrogens with zero attached hydrogens (tertiary/aromatic N) is 2. The SMILES string of the molecule is Cc1ccc(N2CCCN(Cc3ccc(Cl)c(Cl)c3)C2=O)c(NC(=O)c2ccccc2C)c1. The highest BCUT2D eigenvalue weighted by molar-refractivity contribution is 6.42. The fraction of sp³-hybridized carbons (Fsp3) is 0.231. The predicted molar refractivity (Wildman–Crippen MR) is 135 cm³/mol. The molecule has 0 saturated carbocycles. The lowest BCUT2D eigenvalue weighted by atomic mass is 10.1. The van der Waals surface area contributed by atoms with Gasteiger partial charge in [-0.1, -0.05) is 53.5 Å². The van der Waals surface area contributed by atoms with E-state index in [1.807, 2.05) is 56.3 Å². The number of amides is 3. The Morgan fingerprint density at radius 2 is 1.76 bits per heavy atom. The van der Waals surface area contributed by atoms with Crippen LogP contribution in [0.3, 0.4) is 0 Å². The number of anilines is 2. The van der Waals surface area contributed by atoms with Crippen LogP contribution in [0.25, 0.3) is 0 Å². The number of urea groups is 1. The lowest BCUT2D eigenvalue weighted by Crippen LogP contribution is -2.49. The van der Waals surface area contributed by atoms with E-state index in [0.29, 0.717) is 46.6 Å². The summed E-state index contributed by atoms with van der Waals surface area (Å²) in [5, 5.41) is 3.98. The fourth-order valence-corrected chi connectivity index (χ4v) is 4.33. The molecule has 0 aliphatic carbocycles. The minimum Gasteiger partial charge on any atom is -0.320 e. The Hall–Kier alpha value is -3.02. The number of benzene rings is 3. The van der Waals surface area contributed by atoms with Gasteiger partial charge in [-0.3, -0.25) is 9.69 Å². The fourth-order valence-electron chi connectivity index (χ4n) is 4.01. The Bertz CT molecular complexity index is 1210. The summed E-state index contributed by atoms with van der Waals surface area (Å²) >= 11 is 12.2. The molecule has 0 unspecified atom stereocenters. The van der Waals surface area contributed by atoms with E-state index in [1.54, 1.807) is 28.0 Å². The molecule has 0 aromatic heterocycles. The second-order valence-electron chi connectivity index (χ2n) is 8.25. The zero-order valence-corrected chi connectivity index (χ0v) is 20.1. The van der Waals surface area contributed by atoms with Crippen LogP contribution in [0.5, 0.6) is 0 Å². The maximum Gasteiger partial charge on any atom is 0.324 e. The molecule has 5 nitrogen and oxygen atoms in total. The number of hydrogen-bond donors (Lipinski definition) is 1. The van der Waals surface area contributed by atoms with Gasteiger partial charge in [-0.05, 0) is 67.3 Å². The van der Waals surface area contributed by atoms with Crippen molar-refractivity contribution in [3.05, 3.63) is 93.0 Å². The average molecular weight is 482 g/mol. The van der Waals surface area contributed by atoms with Crippen molar-refractivity contribution in [2.75, 3.05) is 23.3 Å². The Kier molecular flexibility index (Phi) is 6.91. The van der Waals surface area contributed by atoms with Crippen LogP contribution >= 0.6 is 23.2 Å². The lowest BCUT2D eigenvalue weighted by Gasteiger charge is -2.36. The number of aryl methyl sites for hydroxylation is 2. The van der Waals surface area contributed by atoms with Gasteiger partial charge in [0.2, 0.25) is 0 Å². The monoisotopic (exact) mass is 481 g/mol. The van der Waals surface area contributed by atoms with Crippen molar-refractivity contribution in [1.82, 2.24) is 4.90 Å². The highest BCUT2D eigenvalue weighted by atomic mass is 35.5. The summed E-state index contributed by atoms with van der Waals surface area (Å²) in [6.07, 6.45) is 0.812. The van der Waals surface area contributed by atoms with Gasteiger partial charge in [0.1, 0.15) is 0 Å². The molecule has 7 heteroatoms. The Balaban J connectivity index is 1.59. The lowest BCUT2D eigenvalue weighted by molar-refractivity contribution is 0.102. The van der Waals surface area contributed by atoms with E-state index < -0.39 is 0 Å². The molecule has 1 saturated heterocycles. The molecule has 1 aliphatic rings. The third kappa shape index (κ3) is 5.15. The number of hydrogen-bond acceptors (Lipinski definition) is 2. The van der Waals surface area contributed by atoms with Crippen LogP contribution in [0, 0.1) is 13.8 Å². The van der Waals surface area contributed by atoms with Gasteiger partial charge in [0.15, 0.2) is 0 Å². The normalized spacial score (nSPS) is 13.9. The van der Waals surface area contributed by atoms with Crippen molar-refractivity contribution in [3.63, 3.8) is 0 Å². The molecular weight excluding hydrogens is 457 g/mol. The van der Waals surface area contributed by atoms with Gasteiger partial charge in [0, 0.05) is 25.2 Å². The summed E-state index contributed by atoms with van der Waals surface area (Å²) in [6.45, 7) is 5.52. The summed E-state index contributed by atoms with van der Waals surface area (Å²) < 4.78 is 0. The molecule has 0 radical (unpaired) electrons. The molecule has 0 spiro atoms. The van der Waals surface area contributed by atoms with Crippen molar-refractivity contribution in [2.45, 2.75) is 26.8 Å². The zero-order valence-electron chi connectivity index (χ0n) is 18.6. The van der Waals surface area contributed by atoms with E-state index in [4.69, 9.17) is 23.2 Å². The van der Waals surface area contributed by atoms with Crippen LogP contribution in [0.15, 0.2) is 60.7 Å². The number of nitrogens with one attached hydrogen (secondary N) is 1. The molecule has 4 rings (SSSR count). The Morgan fingerprint density at radius 3 is 2.52 bits per heavy atom. The van der Waals surface area contributed by atoms with Crippen molar-refractivity contribution in [2.24, 2.45) is 0 Å². The molecule has 0 atom stereocenters. The summed E-state index contributed by atoms with van der Waals surface area (Å²) in [5.41, 5.74) is 4.72. The van der Waals surface area contributed by atoms with Crippen molar-refractivity contribution < 1.29 is 9.59 Å². The van der Waals surface area contributed by atoms with Crippen molar-refractivity contribution >= 4 is 46.5 Å². The maximum absolute atomic E-state index is 13.4. The summed E-state index contributed by atoms with van der Waals surface area (Å²) in [4.78, 5) is 29.9. The molecule has 1 fully saturated rings. The third-order valence-electron chi connectivity index (χ3n) is 5.75. The molecule has 1 heterocycles. The van der Waals surface area contributed by atoms with E-state index in [-0.39, 0.29) is 11.9 Å². The van der Waals surface area contributed by atoms with E-state index >= 15 is 0 Å². The first-order valence-corrected chi connectivity index (χ1v) is 11.6. The Morgan fingerprint density at radius 1 is 0.970 bits per heavy atom. The standard InChI is InChI=1S/C26H25Cl2N3O2/c1-17-8-11-24(23(14-17)29-25(32)20-7-4-3-6-18(20)2)31-13-5-12-30(26(31)33)16-19-9-10-21(27)22(28)15-19/h3-4,6-11,14-15H,5,12-13,16H2,1-2H3,(H,29,32). The molecule has 33 heavy (non-hydrogen) atoms. The van der Waals surface area contributed by atoms with E-state index in [0.717, 1.165) is 23.1 Å². The van der Waals surface area contributed by atoms with Crippen LogP contribution in [-0.4, -0.2) is 29.9 Å². The van der Waals surface area contributed by atoms with Crippen molar-refractivity contribution in [1.29, 1.82) is 0 Å². The first-order chi connectivity index (χ1) is 15.8. The number of carbonyl (C=O) groups is 2. The number of rotatable bonds is 5. The second kappa shape index (κ2) is 9.86. The van der Waals surface area contributed by atoms with E-state index in [9.17, 15) is 9.59 Å². The summed E-state index contributed by atoms with van der Waals surface area (Å²) in [5.74, 6) is -0.197. The van der Waals surface area contributed by atoms with Gasteiger partial charge in [-0.25, -0.2) is 4.79 Å². The molecule has 3 amide bonds. The first kappa shape index (κ1) is 23.1. The number of halogens is 2. The van der Waals surface area contributed by atoms with Crippen LogP contribution in [-0.2, 0) is 6.54 Å². The molecule has 3 aromatic rings. The smallest absolute Gasteiger partial charge is 0.320 e.